The third kappa shape index (κ3) is 3.84. The summed E-state index contributed by atoms with van der Waals surface area (Å²) in [5.74, 6) is 1.32. The van der Waals surface area contributed by atoms with Crippen LogP contribution in [0, 0.1) is 5.92 Å². The highest BCUT2D eigenvalue weighted by Crippen LogP contribution is 2.18. The number of para-hydroxylation sites is 1. The van der Waals surface area contributed by atoms with Gasteiger partial charge in [-0.1, -0.05) is 32.0 Å². The van der Waals surface area contributed by atoms with Crippen molar-refractivity contribution < 1.29 is 4.74 Å². The monoisotopic (exact) mass is 273 g/mol. The molecular formula is C16H23N3O. The minimum absolute atomic E-state index is 0.0348. The molecule has 4 heteroatoms. The Morgan fingerprint density at radius 1 is 1.25 bits per heavy atom. The van der Waals surface area contributed by atoms with Gasteiger partial charge in [-0.3, -0.25) is 0 Å². The zero-order valence-corrected chi connectivity index (χ0v) is 12.2. The summed E-state index contributed by atoms with van der Waals surface area (Å²) in [4.78, 5) is 4.20. The highest BCUT2D eigenvalue weighted by atomic mass is 16.5. The number of rotatable bonds is 7. The molecule has 108 valence electrons. The van der Waals surface area contributed by atoms with Crippen LogP contribution in [0.15, 0.2) is 42.9 Å². The Morgan fingerprint density at radius 2 is 2.00 bits per heavy atom. The second kappa shape index (κ2) is 7.10. The number of benzene rings is 1. The summed E-state index contributed by atoms with van der Waals surface area (Å²) < 4.78 is 7.81. The second-order valence-corrected chi connectivity index (χ2v) is 5.30. The zero-order valence-electron chi connectivity index (χ0n) is 12.2. The fourth-order valence-corrected chi connectivity index (χ4v) is 2.08. The molecule has 2 aromatic rings. The first-order valence-corrected chi connectivity index (χ1v) is 7.12. The van der Waals surface area contributed by atoms with E-state index in [4.69, 9.17) is 10.5 Å². The molecule has 0 bridgehead atoms. The quantitative estimate of drug-likeness (QED) is 0.789. The van der Waals surface area contributed by atoms with E-state index in [0.29, 0.717) is 12.5 Å². The van der Waals surface area contributed by atoms with Gasteiger partial charge in [0.15, 0.2) is 0 Å². The van der Waals surface area contributed by atoms with E-state index in [9.17, 15) is 0 Å². The summed E-state index contributed by atoms with van der Waals surface area (Å²) in [5, 5.41) is 0. The Hall–Kier alpha value is -1.81. The van der Waals surface area contributed by atoms with Crippen LogP contribution in [0.1, 0.15) is 32.0 Å². The molecule has 0 fully saturated rings. The van der Waals surface area contributed by atoms with Gasteiger partial charge in [-0.25, -0.2) is 4.98 Å². The van der Waals surface area contributed by atoms with E-state index >= 15 is 0 Å². The Morgan fingerprint density at radius 3 is 2.70 bits per heavy atom. The van der Waals surface area contributed by atoms with Crippen molar-refractivity contribution in [3.8, 4) is 5.75 Å². The number of aromatic nitrogens is 2. The maximum atomic E-state index is 6.19. The van der Waals surface area contributed by atoms with Crippen LogP contribution in [-0.2, 0) is 6.54 Å². The first kappa shape index (κ1) is 14.6. The molecule has 1 aromatic heterocycles. The summed E-state index contributed by atoms with van der Waals surface area (Å²) in [6.45, 7) is 5.82. The topological polar surface area (TPSA) is 53.1 Å². The van der Waals surface area contributed by atoms with Gasteiger partial charge in [0.2, 0.25) is 0 Å². The van der Waals surface area contributed by atoms with E-state index in [0.717, 1.165) is 24.4 Å². The van der Waals surface area contributed by atoms with Crippen molar-refractivity contribution in [2.45, 2.75) is 32.9 Å². The number of imidazole rings is 1. The first-order valence-electron chi connectivity index (χ1n) is 7.12. The average molecular weight is 273 g/mol. The highest BCUT2D eigenvalue weighted by molar-refractivity contribution is 5.20. The number of nitrogens with two attached hydrogens (primary N) is 1. The van der Waals surface area contributed by atoms with Crippen LogP contribution in [0.4, 0.5) is 0 Å². The molecule has 0 aliphatic rings. The van der Waals surface area contributed by atoms with Gasteiger partial charge < -0.3 is 15.0 Å². The lowest BCUT2D eigenvalue weighted by Gasteiger charge is -2.17. The van der Waals surface area contributed by atoms with E-state index in [1.54, 1.807) is 0 Å². The largest absolute Gasteiger partial charge is 0.494 e. The van der Waals surface area contributed by atoms with E-state index in [2.05, 4.69) is 23.4 Å². The van der Waals surface area contributed by atoms with Crippen molar-refractivity contribution in [1.29, 1.82) is 0 Å². The molecule has 1 aromatic carbocycles. The molecule has 0 saturated heterocycles. The van der Waals surface area contributed by atoms with Crippen LogP contribution in [0.5, 0.6) is 5.75 Å². The van der Waals surface area contributed by atoms with E-state index in [1.807, 2.05) is 42.9 Å². The SMILES string of the molecule is CC(C)C(N)c1cncn1CCCOc1ccccc1. The maximum absolute atomic E-state index is 6.19. The standard InChI is InChI=1S/C16H23N3O/c1-13(2)16(17)15-11-18-12-19(15)9-6-10-20-14-7-4-3-5-8-14/h3-5,7-8,11-13,16H,6,9-10,17H2,1-2H3. The number of nitrogens with zero attached hydrogens (tertiary/aromatic N) is 2. The molecule has 20 heavy (non-hydrogen) atoms. The third-order valence-corrected chi connectivity index (χ3v) is 3.36. The average Bonchev–Trinajstić information content (AvgIpc) is 2.92. The van der Waals surface area contributed by atoms with Crippen molar-refractivity contribution in [2.24, 2.45) is 11.7 Å². The zero-order chi connectivity index (χ0) is 14.4. The van der Waals surface area contributed by atoms with E-state index < -0.39 is 0 Å². The second-order valence-electron chi connectivity index (χ2n) is 5.30. The Labute approximate surface area is 120 Å². The molecule has 0 spiro atoms. The molecule has 0 aliphatic carbocycles. The van der Waals surface area contributed by atoms with Crippen molar-refractivity contribution >= 4 is 0 Å². The predicted molar refractivity (Wildman–Crippen MR) is 80.5 cm³/mol. The molecule has 0 radical (unpaired) electrons. The Balaban J connectivity index is 1.81. The van der Waals surface area contributed by atoms with Crippen LogP contribution in [0.25, 0.3) is 0 Å². The molecule has 0 amide bonds. The number of ether oxygens (including phenoxy) is 1. The lowest BCUT2D eigenvalue weighted by Crippen LogP contribution is -2.20. The van der Waals surface area contributed by atoms with Gasteiger partial charge in [0, 0.05) is 18.8 Å². The Kier molecular flexibility index (Phi) is 5.18. The summed E-state index contributed by atoms with van der Waals surface area (Å²) in [6, 6.07) is 9.91. The molecule has 0 saturated carbocycles. The first-order chi connectivity index (χ1) is 9.68. The highest BCUT2D eigenvalue weighted by Gasteiger charge is 2.14. The maximum Gasteiger partial charge on any atom is 0.119 e. The number of aryl methyl sites for hydroxylation is 1. The molecule has 0 aliphatic heterocycles. The molecule has 1 unspecified atom stereocenters. The van der Waals surface area contributed by atoms with Crippen molar-refractivity contribution in [2.75, 3.05) is 6.61 Å². The molecule has 1 atom stereocenters. The smallest absolute Gasteiger partial charge is 0.119 e. The minimum atomic E-state index is 0.0348. The van der Waals surface area contributed by atoms with Gasteiger partial charge in [0.25, 0.3) is 0 Å². The van der Waals surface area contributed by atoms with Crippen LogP contribution in [-0.4, -0.2) is 16.2 Å². The predicted octanol–water partition coefficient (Wildman–Crippen LogP) is 3.01. The fraction of sp³-hybridized carbons (Fsp3) is 0.438. The van der Waals surface area contributed by atoms with E-state index in [-0.39, 0.29) is 6.04 Å². The van der Waals surface area contributed by atoms with Crippen molar-refractivity contribution in [1.82, 2.24) is 9.55 Å². The lowest BCUT2D eigenvalue weighted by molar-refractivity contribution is 0.300. The molecule has 1 heterocycles. The Bertz CT molecular complexity index is 507. The summed E-state index contributed by atoms with van der Waals surface area (Å²) in [7, 11) is 0. The summed E-state index contributed by atoms with van der Waals surface area (Å²) >= 11 is 0. The van der Waals surface area contributed by atoms with Crippen LogP contribution in [0.2, 0.25) is 0 Å². The normalized spacial score (nSPS) is 12.6. The molecule has 2 rings (SSSR count). The fourth-order valence-electron chi connectivity index (χ4n) is 2.08. The molecule has 4 nitrogen and oxygen atoms in total. The molecule has 2 N–H and O–H groups in total. The van der Waals surface area contributed by atoms with Gasteiger partial charge in [-0.15, -0.1) is 0 Å². The van der Waals surface area contributed by atoms with Gasteiger partial charge >= 0.3 is 0 Å². The van der Waals surface area contributed by atoms with Gasteiger partial charge in [0.1, 0.15) is 5.75 Å². The van der Waals surface area contributed by atoms with Gasteiger partial charge in [0.05, 0.1) is 18.6 Å². The van der Waals surface area contributed by atoms with Crippen molar-refractivity contribution in [3.63, 3.8) is 0 Å². The lowest BCUT2D eigenvalue weighted by atomic mass is 10.0. The van der Waals surface area contributed by atoms with Crippen LogP contribution >= 0.6 is 0 Å². The number of hydrogen-bond donors (Lipinski definition) is 1. The number of hydrogen-bond acceptors (Lipinski definition) is 3. The molecular weight excluding hydrogens is 250 g/mol. The van der Waals surface area contributed by atoms with Crippen molar-refractivity contribution in [3.05, 3.63) is 48.5 Å². The summed E-state index contributed by atoms with van der Waals surface area (Å²) in [5.41, 5.74) is 7.28. The van der Waals surface area contributed by atoms with Gasteiger partial charge in [-0.05, 0) is 24.5 Å². The minimum Gasteiger partial charge on any atom is -0.494 e. The third-order valence-electron chi connectivity index (χ3n) is 3.36. The summed E-state index contributed by atoms with van der Waals surface area (Å²) in [6.07, 6.45) is 4.64. The van der Waals surface area contributed by atoms with Crippen LogP contribution in [0.3, 0.4) is 0 Å². The van der Waals surface area contributed by atoms with E-state index in [1.165, 1.54) is 0 Å². The van der Waals surface area contributed by atoms with Gasteiger partial charge in [-0.2, -0.15) is 0 Å². The van der Waals surface area contributed by atoms with Crippen LogP contribution < -0.4 is 10.5 Å².